The molecule has 1 atom stereocenters. The Kier molecular flexibility index (Phi) is 5.89. The fourth-order valence-electron chi connectivity index (χ4n) is 3.58. The van der Waals surface area contributed by atoms with Gasteiger partial charge in [-0.25, -0.2) is 0 Å². The lowest BCUT2D eigenvalue weighted by Gasteiger charge is -2.38. The van der Waals surface area contributed by atoms with Crippen molar-refractivity contribution in [3.8, 4) is 11.5 Å². The quantitative estimate of drug-likeness (QED) is 0.519. The molecule has 0 saturated heterocycles. The van der Waals surface area contributed by atoms with E-state index in [0.717, 1.165) is 41.3 Å². The number of carbonyl (C=O) groups is 1. The SMILES string of the molecule is CCCCOc1ccc([C@H]2Nc3ccccc3C(=O)N2c2ccc(OC)cc2)cc1. The summed E-state index contributed by atoms with van der Waals surface area (Å²) in [5, 5.41) is 3.53. The molecular weight excluding hydrogens is 376 g/mol. The average molecular weight is 402 g/mol. The van der Waals surface area contributed by atoms with Gasteiger partial charge in [0.15, 0.2) is 0 Å². The number of hydrogen-bond donors (Lipinski definition) is 1. The van der Waals surface area contributed by atoms with Gasteiger partial charge in [0.05, 0.1) is 19.3 Å². The first-order valence-corrected chi connectivity index (χ1v) is 10.3. The monoisotopic (exact) mass is 402 g/mol. The Labute approximate surface area is 177 Å². The normalized spacial score (nSPS) is 15.3. The maximum Gasteiger partial charge on any atom is 0.262 e. The standard InChI is InChI=1S/C25H26N2O3/c1-3-4-17-30-21-13-9-18(10-14-21)24-26-23-8-6-5-7-22(23)25(28)27(24)19-11-15-20(29-2)16-12-19/h5-16,24,26H,3-4,17H2,1-2H3/t24-/m0/s1. The highest BCUT2D eigenvalue weighted by atomic mass is 16.5. The molecule has 1 aliphatic heterocycles. The van der Waals surface area contributed by atoms with Crippen LogP contribution in [-0.4, -0.2) is 19.6 Å². The highest BCUT2D eigenvalue weighted by molar-refractivity contribution is 6.12. The van der Waals surface area contributed by atoms with E-state index in [1.54, 1.807) is 12.0 Å². The van der Waals surface area contributed by atoms with Gasteiger partial charge in [-0.15, -0.1) is 0 Å². The molecule has 154 valence electrons. The second kappa shape index (κ2) is 8.91. The van der Waals surface area contributed by atoms with Crippen molar-refractivity contribution in [1.29, 1.82) is 0 Å². The summed E-state index contributed by atoms with van der Waals surface area (Å²) in [6.45, 7) is 2.85. The number of methoxy groups -OCH3 is 1. The fraction of sp³-hybridized carbons (Fsp3) is 0.240. The molecule has 0 aromatic heterocycles. The molecule has 3 aromatic carbocycles. The molecule has 5 heteroatoms. The van der Waals surface area contributed by atoms with Crippen molar-refractivity contribution < 1.29 is 14.3 Å². The maximum absolute atomic E-state index is 13.4. The second-order valence-corrected chi connectivity index (χ2v) is 7.24. The lowest BCUT2D eigenvalue weighted by Crippen LogP contribution is -2.43. The smallest absolute Gasteiger partial charge is 0.262 e. The van der Waals surface area contributed by atoms with Crippen molar-refractivity contribution in [1.82, 2.24) is 0 Å². The highest BCUT2D eigenvalue weighted by Crippen LogP contribution is 2.37. The first kappa shape index (κ1) is 19.8. The minimum Gasteiger partial charge on any atom is -0.497 e. The number of ether oxygens (including phenoxy) is 2. The van der Waals surface area contributed by atoms with Gasteiger partial charge in [-0.2, -0.15) is 0 Å². The van der Waals surface area contributed by atoms with Crippen molar-refractivity contribution in [2.45, 2.75) is 25.9 Å². The van der Waals surface area contributed by atoms with Crippen LogP contribution in [0.15, 0.2) is 72.8 Å². The molecular formula is C25H26N2O3. The van der Waals surface area contributed by atoms with Crippen LogP contribution in [0.2, 0.25) is 0 Å². The predicted molar refractivity (Wildman–Crippen MR) is 119 cm³/mol. The van der Waals surface area contributed by atoms with Gasteiger partial charge in [0.2, 0.25) is 0 Å². The lowest BCUT2D eigenvalue weighted by molar-refractivity contribution is 0.0975. The zero-order valence-corrected chi connectivity index (χ0v) is 17.3. The Hall–Kier alpha value is -3.47. The topological polar surface area (TPSA) is 50.8 Å². The Bertz CT molecular complexity index is 1000. The van der Waals surface area contributed by atoms with Crippen LogP contribution in [0.25, 0.3) is 0 Å². The lowest BCUT2D eigenvalue weighted by atomic mass is 10.0. The molecule has 3 aromatic rings. The molecule has 0 unspecified atom stereocenters. The minimum atomic E-state index is -0.328. The number of amides is 1. The number of anilines is 2. The van der Waals surface area contributed by atoms with Crippen molar-refractivity contribution in [2.75, 3.05) is 23.9 Å². The summed E-state index contributed by atoms with van der Waals surface area (Å²) < 4.78 is 11.1. The van der Waals surface area contributed by atoms with Crippen LogP contribution >= 0.6 is 0 Å². The van der Waals surface area contributed by atoms with Gasteiger partial charge in [-0.1, -0.05) is 37.6 Å². The molecule has 0 saturated carbocycles. The Morgan fingerprint density at radius 3 is 2.33 bits per heavy atom. The number of nitrogens with zero attached hydrogens (tertiary/aromatic N) is 1. The van der Waals surface area contributed by atoms with Gasteiger partial charge in [0.25, 0.3) is 5.91 Å². The molecule has 4 rings (SSSR count). The van der Waals surface area contributed by atoms with Gasteiger partial charge < -0.3 is 14.8 Å². The largest absolute Gasteiger partial charge is 0.497 e. The molecule has 1 N–H and O–H groups in total. The van der Waals surface area contributed by atoms with Crippen LogP contribution in [0.1, 0.15) is 41.9 Å². The first-order chi connectivity index (χ1) is 14.7. The molecule has 0 aliphatic carbocycles. The molecule has 1 amide bonds. The van der Waals surface area contributed by atoms with Crippen molar-refractivity contribution in [3.05, 3.63) is 83.9 Å². The molecule has 0 fully saturated rings. The molecule has 0 spiro atoms. The Balaban J connectivity index is 1.68. The van der Waals surface area contributed by atoms with Gasteiger partial charge in [0.1, 0.15) is 17.7 Å². The van der Waals surface area contributed by atoms with Crippen molar-refractivity contribution >= 4 is 17.3 Å². The fourth-order valence-corrected chi connectivity index (χ4v) is 3.58. The van der Waals surface area contributed by atoms with Crippen LogP contribution in [0.5, 0.6) is 11.5 Å². The van der Waals surface area contributed by atoms with Crippen LogP contribution in [0.4, 0.5) is 11.4 Å². The summed E-state index contributed by atoms with van der Waals surface area (Å²) in [6, 6.07) is 23.1. The predicted octanol–water partition coefficient (Wildman–Crippen LogP) is 5.65. The van der Waals surface area contributed by atoms with Crippen LogP contribution in [0.3, 0.4) is 0 Å². The number of hydrogen-bond acceptors (Lipinski definition) is 4. The van der Waals surface area contributed by atoms with Gasteiger partial charge in [-0.3, -0.25) is 9.69 Å². The van der Waals surface area contributed by atoms with Gasteiger partial charge in [0, 0.05) is 11.4 Å². The number of benzene rings is 3. The number of para-hydroxylation sites is 1. The summed E-state index contributed by atoms with van der Waals surface area (Å²) in [7, 11) is 1.63. The summed E-state index contributed by atoms with van der Waals surface area (Å²) in [5.41, 5.74) is 3.28. The number of nitrogens with one attached hydrogen (secondary N) is 1. The number of unbranched alkanes of at least 4 members (excludes halogenated alkanes) is 1. The van der Waals surface area contributed by atoms with Crippen molar-refractivity contribution in [3.63, 3.8) is 0 Å². The summed E-state index contributed by atoms with van der Waals surface area (Å²) in [4.78, 5) is 15.2. The maximum atomic E-state index is 13.4. The molecule has 0 radical (unpaired) electrons. The zero-order chi connectivity index (χ0) is 20.9. The highest BCUT2D eigenvalue weighted by Gasteiger charge is 2.34. The van der Waals surface area contributed by atoms with E-state index >= 15 is 0 Å². The summed E-state index contributed by atoms with van der Waals surface area (Å²) in [5.74, 6) is 1.55. The third kappa shape index (κ3) is 3.96. The first-order valence-electron chi connectivity index (χ1n) is 10.3. The van der Waals surface area contributed by atoms with E-state index in [1.165, 1.54) is 0 Å². The van der Waals surface area contributed by atoms with E-state index in [4.69, 9.17) is 9.47 Å². The molecule has 0 bridgehead atoms. The van der Waals surface area contributed by atoms with E-state index in [2.05, 4.69) is 12.2 Å². The minimum absolute atomic E-state index is 0.0391. The number of fused-ring (bicyclic) bond motifs is 1. The summed E-state index contributed by atoms with van der Waals surface area (Å²) in [6.07, 6.45) is 1.80. The van der Waals surface area contributed by atoms with Crippen LogP contribution in [0, 0.1) is 0 Å². The second-order valence-electron chi connectivity index (χ2n) is 7.24. The molecule has 1 aliphatic rings. The Morgan fingerprint density at radius 2 is 1.63 bits per heavy atom. The van der Waals surface area contributed by atoms with Crippen molar-refractivity contribution in [2.24, 2.45) is 0 Å². The van der Waals surface area contributed by atoms with Gasteiger partial charge >= 0.3 is 0 Å². The molecule has 1 heterocycles. The zero-order valence-electron chi connectivity index (χ0n) is 17.3. The van der Waals surface area contributed by atoms with E-state index in [1.807, 2.05) is 72.8 Å². The van der Waals surface area contributed by atoms with E-state index in [-0.39, 0.29) is 12.1 Å². The third-order valence-electron chi connectivity index (χ3n) is 5.24. The molecule has 30 heavy (non-hydrogen) atoms. The van der Waals surface area contributed by atoms with Gasteiger partial charge in [-0.05, 0) is 60.5 Å². The van der Waals surface area contributed by atoms with Crippen LogP contribution < -0.4 is 19.7 Å². The van der Waals surface area contributed by atoms with E-state index < -0.39 is 0 Å². The van der Waals surface area contributed by atoms with E-state index in [0.29, 0.717) is 12.2 Å². The number of rotatable bonds is 7. The third-order valence-corrected chi connectivity index (χ3v) is 5.24. The molecule has 5 nitrogen and oxygen atoms in total. The Morgan fingerprint density at radius 1 is 0.933 bits per heavy atom. The number of carbonyl (C=O) groups excluding carboxylic acids is 1. The average Bonchev–Trinajstić information content (AvgIpc) is 2.80. The summed E-state index contributed by atoms with van der Waals surface area (Å²) >= 11 is 0. The van der Waals surface area contributed by atoms with E-state index in [9.17, 15) is 4.79 Å². The van der Waals surface area contributed by atoms with Crippen LogP contribution in [-0.2, 0) is 0 Å².